The van der Waals surface area contributed by atoms with Gasteiger partial charge < -0.3 is 9.47 Å². The molecule has 0 radical (unpaired) electrons. The van der Waals surface area contributed by atoms with Gasteiger partial charge in [0.25, 0.3) is 0 Å². The molecule has 1 aromatic carbocycles. The molecule has 0 aliphatic carbocycles. The van der Waals surface area contributed by atoms with E-state index in [9.17, 15) is 0 Å². The van der Waals surface area contributed by atoms with Crippen molar-refractivity contribution in [1.82, 2.24) is 0 Å². The van der Waals surface area contributed by atoms with Crippen molar-refractivity contribution in [3.63, 3.8) is 0 Å². The Labute approximate surface area is 106 Å². The number of methoxy groups -OCH3 is 2. The van der Waals surface area contributed by atoms with Crippen molar-refractivity contribution < 1.29 is 9.47 Å². The summed E-state index contributed by atoms with van der Waals surface area (Å²) in [6.45, 7) is 3.01. The molecule has 0 atom stereocenters. The Hall–Kier alpha value is -1.16. The van der Waals surface area contributed by atoms with Crippen molar-refractivity contribution in [2.24, 2.45) is 4.99 Å². The van der Waals surface area contributed by atoms with Crippen LogP contribution in [0.5, 0.6) is 11.5 Å². The topological polar surface area (TPSA) is 30.8 Å². The van der Waals surface area contributed by atoms with Crippen molar-refractivity contribution in [3.8, 4) is 11.5 Å². The first-order valence-corrected chi connectivity index (χ1v) is 6.71. The molecule has 1 aliphatic heterocycles. The van der Waals surface area contributed by atoms with Crippen molar-refractivity contribution >= 4 is 16.8 Å². The molecule has 1 aliphatic rings. The van der Waals surface area contributed by atoms with Gasteiger partial charge in [-0.3, -0.25) is 4.99 Å². The minimum atomic E-state index is 0.776. The van der Waals surface area contributed by atoms with Gasteiger partial charge in [0, 0.05) is 12.1 Å². The zero-order valence-electron chi connectivity index (χ0n) is 10.4. The summed E-state index contributed by atoms with van der Waals surface area (Å²) in [6, 6.07) is 4.11. The van der Waals surface area contributed by atoms with E-state index in [2.05, 4.69) is 18.0 Å². The highest BCUT2D eigenvalue weighted by atomic mass is 32.2. The highest BCUT2D eigenvalue weighted by Gasteiger charge is 2.18. The van der Waals surface area contributed by atoms with E-state index in [1.54, 1.807) is 26.0 Å². The van der Waals surface area contributed by atoms with Crippen LogP contribution in [-0.2, 0) is 6.42 Å². The number of aliphatic imine (C=N–C) groups is 1. The summed E-state index contributed by atoms with van der Waals surface area (Å²) in [6.07, 6.45) is 0.976. The summed E-state index contributed by atoms with van der Waals surface area (Å²) in [4.78, 5) is 4.57. The van der Waals surface area contributed by atoms with Gasteiger partial charge in [0.2, 0.25) is 0 Å². The lowest BCUT2D eigenvalue weighted by Gasteiger charge is -2.19. The molecule has 0 amide bonds. The standard InChI is InChI=1S/C13H17NO2S/c1-4-17-13-10-8-12(16-3)11(15-2)7-9(10)5-6-14-13/h7-8H,4-6H2,1-3H3. The fourth-order valence-electron chi connectivity index (χ4n) is 1.95. The third-order valence-corrected chi connectivity index (χ3v) is 3.67. The number of hydrogen-bond acceptors (Lipinski definition) is 4. The van der Waals surface area contributed by atoms with Crippen LogP contribution in [-0.4, -0.2) is 31.6 Å². The molecule has 3 nitrogen and oxygen atoms in total. The molecule has 4 heteroatoms. The maximum atomic E-state index is 5.34. The Kier molecular flexibility index (Phi) is 3.94. The predicted octanol–water partition coefficient (Wildman–Crippen LogP) is 2.76. The predicted molar refractivity (Wildman–Crippen MR) is 72.8 cm³/mol. The third-order valence-electron chi connectivity index (χ3n) is 2.76. The van der Waals surface area contributed by atoms with E-state index >= 15 is 0 Å². The normalized spacial score (nSPS) is 13.9. The van der Waals surface area contributed by atoms with Crippen LogP contribution in [0.15, 0.2) is 17.1 Å². The molecule has 0 bridgehead atoms. The Balaban J connectivity index is 2.45. The number of thioether (sulfide) groups is 1. The lowest BCUT2D eigenvalue weighted by molar-refractivity contribution is 0.354. The smallest absolute Gasteiger partial charge is 0.161 e. The summed E-state index contributed by atoms with van der Waals surface area (Å²) in [5.41, 5.74) is 2.49. The maximum Gasteiger partial charge on any atom is 0.161 e. The summed E-state index contributed by atoms with van der Waals surface area (Å²) in [5.74, 6) is 2.61. The van der Waals surface area contributed by atoms with E-state index in [4.69, 9.17) is 9.47 Å². The number of benzene rings is 1. The van der Waals surface area contributed by atoms with Crippen LogP contribution in [0.2, 0.25) is 0 Å². The first-order valence-electron chi connectivity index (χ1n) is 5.72. The van der Waals surface area contributed by atoms with Gasteiger partial charge in [0.1, 0.15) is 0 Å². The molecule has 0 saturated carbocycles. The maximum absolute atomic E-state index is 5.34. The third kappa shape index (κ3) is 2.41. The van der Waals surface area contributed by atoms with Crippen molar-refractivity contribution in [3.05, 3.63) is 23.3 Å². The van der Waals surface area contributed by atoms with Gasteiger partial charge >= 0.3 is 0 Å². The molecule has 0 N–H and O–H groups in total. The fourth-order valence-corrected chi connectivity index (χ4v) is 2.75. The average molecular weight is 251 g/mol. The molecule has 0 unspecified atom stereocenters. The van der Waals surface area contributed by atoms with Gasteiger partial charge in [0.15, 0.2) is 11.5 Å². The lowest BCUT2D eigenvalue weighted by Crippen LogP contribution is -2.11. The number of fused-ring (bicyclic) bond motifs is 1. The molecular formula is C13H17NO2S. The molecule has 92 valence electrons. The second-order valence-corrected chi connectivity index (χ2v) is 4.99. The Morgan fingerprint density at radius 1 is 1.24 bits per heavy atom. The van der Waals surface area contributed by atoms with Gasteiger partial charge in [-0.15, -0.1) is 11.8 Å². The molecule has 2 rings (SSSR count). The lowest BCUT2D eigenvalue weighted by atomic mass is 10.0. The molecule has 0 fully saturated rings. The summed E-state index contributed by atoms with van der Waals surface area (Å²) in [5, 5.41) is 1.12. The highest BCUT2D eigenvalue weighted by Crippen LogP contribution is 2.34. The zero-order chi connectivity index (χ0) is 12.3. The second-order valence-electron chi connectivity index (χ2n) is 3.73. The molecular weight excluding hydrogens is 234 g/mol. The van der Waals surface area contributed by atoms with E-state index in [1.165, 1.54) is 11.1 Å². The number of ether oxygens (including phenoxy) is 2. The average Bonchev–Trinajstić information content (AvgIpc) is 2.38. The van der Waals surface area contributed by atoms with E-state index < -0.39 is 0 Å². The minimum absolute atomic E-state index is 0.776. The summed E-state index contributed by atoms with van der Waals surface area (Å²) in [7, 11) is 3.33. The van der Waals surface area contributed by atoms with Crippen LogP contribution in [0.3, 0.4) is 0 Å². The number of nitrogens with zero attached hydrogens (tertiary/aromatic N) is 1. The molecule has 1 aromatic rings. The van der Waals surface area contributed by atoms with Crippen molar-refractivity contribution in [2.75, 3.05) is 26.5 Å². The van der Waals surface area contributed by atoms with Crippen molar-refractivity contribution in [2.45, 2.75) is 13.3 Å². The van der Waals surface area contributed by atoms with Crippen molar-refractivity contribution in [1.29, 1.82) is 0 Å². The zero-order valence-corrected chi connectivity index (χ0v) is 11.3. The van der Waals surface area contributed by atoms with Gasteiger partial charge in [0.05, 0.1) is 19.3 Å². The van der Waals surface area contributed by atoms with Gasteiger partial charge in [-0.2, -0.15) is 0 Å². The van der Waals surface area contributed by atoms with E-state index in [1.807, 2.05) is 6.07 Å². The highest BCUT2D eigenvalue weighted by molar-refractivity contribution is 8.14. The fraction of sp³-hybridized carbons (Fsp3) is 0.462. The molecule has 0 spiro atoms. The molecule has 0 saturated heterocycles. The SMILES string of the molecule is CCSC1=NCCc2cc(OC)c(OC)cc21. The summed E-state index contributed by atoms with van der Waals surface area (Å²) >= 11 is 1.78. The Morgan fingerprint density at radius 3 is 2.59 bits per heavy atom. The second kappa shape index (κ2) is 5.45. The molecule has 1 heterocycles. The van der Waals surface area contributed by atoms with Gasteiger partial charge in [-0.1, -0.05) is 6.92 Å². The Morgan fingerprint density at radius 2 is 1.94 bits per heavy atom. The quantitative estimate of drug-likeness (QED) is 0.827. The number of rotatable bonds is 3. The minimum Gasteiger partial charge on any atom is -0.493 e. The number of hydrogen-bond donors (Lipinski definition) is 0. The molecule has 0 aromatic heterocycles. The van der Waals surface area contributed by atoms with Gasteiger partial charge in [-0.25, -0.2) is 0 Å². The van der Waals surface area contributed by atoms with Crippen LogP contribution in [0.1, 0.15) is 18.1 Å². The van der Waals surface area contributed by atoms with Crippen LogP contribution >= 0.6 is 11.8 Å². The Bertz CT molecular complexity index is 443. The van der Waals surface area contributed by atoms with E-state index in [0.717, 1.165) is 35.3 Å². The molecule has 17 heavy (non-hydrogen) atoms. The van der Waals surface area contributed by atoms with E-state index in [0.29, 0.717) is 0 Å². The first-order chi connectivity index (χ1) is 8.30. The monoisotopic (exact) mass is 251 g/mol. The van der Waals surface area contributed by atoms with Crippen LogP contribution in [0.4, 0.5) is 0 Å². The van der Waals surface area contributed by atoms with Crippen LogP contribution in [0, 0.1) is 0 Å². The largest absolute Gasteiger partial charge is 0.493 e. The van der Waals surface area contributed by atoms with E-state index in [-0.39, 0.29) is 0 Å². The first kappa shape index (κ1) is 12.3. The summed E-state index contributed by atoms with van der Waals surface area (Å²) < 4.78 is 10.7. The van der Waals surface area contributed by atoms with Crippen LogP contribution in [0.25, 0.3) is 0 Å². The van der Waals surface area contributed by atoms with Gasteiger partial charge in [-0.05, 0) is 29.9 Å². The van der Waals surface area contributed by atoms with Crippen LogP contribution < -0.4 is 9.47 Å².